The minimum absolute atomic E-state index is 0.163. The Morgan fingerprint density at radius 3 is 2.62 bits per heavy atom. The molecule has 0 aliphatic carbocycles. The van der Waals surface area contributed by atoms with Gasteiger partial charge in [0.2, 0.25) is 0 Å². The van der Waals surface area contributed by atoms with Gasteiger partial charge in [-0.1, -0.05) is 17.7 Å². The number of carbonyl (C=O) groups excluding carboxylic acids is 2. The van der Waals surface area contributed by atoms with E-state index in [1.807, 2.05) is 7.05 Å². The van der Waals surface area contributed by atoms with Gasteiger partial charge in [0.15, 0.2) is 6.61 Å². The molecule has 6 nitrogen and oxygen atoms in total. The predicted molar refractivity (Wildman–Crippen MR) is 80.2 cm³/mol. The topological polar surface area (TPSA) is 75.9 Å². The van der Waals surface area contributed by atoms with Crippen molar-refractivity contribution in [3.63, 3.8) is 0 Å². The molecule has 114 valence electrons. The number of anilines is 1. The third-order valence-electron chi connectivity index (χ3n) is 3.46. The summed E-state index contributed by atoms with van der Waals surface area (Å²) in [6.07, 6.45) is 0. The van der Waals surface area contributed by atoms with Crippen molar-refractivity contribution in [2.45, 2.75) is 0 Å². The van der Waals surface area contributed by atoms with Gasteiger partial charge in [0.25, 0.3) is 5.91 Å². The van der Waals surface area contributed by atoms with Crippen molar-refractivity contribution in [2.24, 2.45) is 0 Å². The molecule has 1 heterocycles. The Labute approximate surface area is 128 Å². The molecule has 1 fully saturated rings. The molecule has 1 saturated heterocycles. The van der Waals surface area contributed by atoms with Crippen LogP contribution in [0.15, 0.2) is 18.2 Å². The van der Waals surface area contributed by atoms with E-state index in [-0.39, 0.29) is 28.8 Å². The Bertz CT molecular complexity index is 542. The van der Waals surface area contributed by atoms with Crippen molar-refractivity contribution >= 4 is 29.2 Å². The van der Waals surface area contributed by atoms with Gasteiger partial charge in [-0.05, 0) is 19.2 Å². The third-order valence-corrected chi connectivity index (χ3v) is 3.79. The number of nitrogens with two attached hydrogens (primary N) is 1. The highest BCUT2D eigenvalue weighted by molar-refractivity contribution is 6.33. The fraction of sp³-hybridized carbons (Fsp3) is 0.429. The van der Waals surface area contributed by atoms with Crippen molar-refractivity contribution in [3.8, 4) is 0 Å². The number of benzene rings is 1. The van der Waals surface area contributed by atoms with E-state index in [2.05, 4.69) is 4.90 Å². The number of nitrogens with zero attached hydrogens (tertiary/aromatic N) is 2. The number of halogens is 1. The maximum Gasteiger partial charge on any atom is 0.340 e. The molecule has 1 amide bonds. The van der Waals surface area contributed by atoms with Gasteiger partial charge in [-0.15, -0.1) is 0 Å². The summed E-state index contributed by atoms with van der Waals surface area (Å²) in [7, 11) is 2.00. The van der Waals surface area contributed by atoms with Gasteiger partial charge in [0.05, 0.1) is 16.3 Å². The molecule has 1 aromatic carbocycles. The number of rotatable bonds is 3. The van der Waals surface area contributed by atoms with Gasteiger partial charge in [-0.25, -0.2) is 4.79 Å². The molecular weight excluding hydrogens is 294 g/mol. The van der Waals surface area contributed by atoms with Crippen LogP contribution in [0.1, 0.15) is 10.4 Å². The molecule has 0 spiro atoms. The highest BCUT2D eigenvalue weighted by Gasteiger charge is 2.21. The second kappa shape index (κ2) is 6.78. The van der Waals surface area contributed by atoms with Gasteiger partial charge in [0, 0.05) is 26.2 Å². The number of para-hydroxylation sites is 1. The van der Waals surface area contributed by atoms with E-state index >= 15 is 0 Å². The molecule has 0 unspecified atom stereocenters. The minimum atomic E-state index is -0.641. The molecule has 7 heteroatoms. The van der Waals surface area contributed by atoms with Crippen molar-refractivity contribution in [1.29, 1.82) is 0 Å². The van der Waals surface area contributed by atoms with Crippen molar-refractivity contribution in [1.82, 2.24) is 9.80 Å². The molecule has 0 bridgehead atoms. The van der Waals surface area contributed by atoms with E-state index in [1.54, 1.807) is 17.0 Å². The van der Waals surface area contributed by atoms with E-state index in [1.165, 1.54) is 6.07 Å². The van der Waals surface area contributed by atoms with Crippen molar-refractivity contribution < 1.29 is 14.3 Å². The molecular formula is C14H18ClN3O3. The number of nitrogen functional groups attached to an aromatic ring is 1. The van der Waals surface area contributed by atoms with Crippen molar-refractivity contribution in [2.75, 3.05) is 45.6 Å². The first-order chi connectivity index (χ1) is 9.99. The van der Waals surface area contributed by atoms with E-state index in [0.29, 0.717) is 13.1 Å². The SMILES string of the molecule is CN1CCN(C(=O)COC(=O)c2cccc(Cl)c2N)CC1. The summed E-state index contributed by atoms with van der Waals surface area (Å²) in [5.41, 5.74) is 6.05. The number of ether oxygens (including phenoxy) is 1. The van der Waals surface area contributed by atoms with E-state index in [0.717, 1.165) is 13.1 Å². The number of hydrogen-bond acceptors (Lipinski definition) is 5. The minimum Gasteiger partial charge on any atom is -0.452 e. The molecule has 1 aromatic rings. The highest BCUT2D eigenvalue weighted by atomic mass is 35.5. The summed E-state index contributed by atoms with van der Waals surface area (Å²) in [5, 5.41) is 0.287. The summed E-state index contributed by atoms with van der Waals surface area (Å²) in [5.74, 6) is -0.838. The van der Waals surface area contributed by atoms with Crippen LogP contribution in [-0.2, 0) is 9.53 Å². The number of carbonyl (C=O) groups is 2. The first kappa shape index (κ1) is 15.6. The number of likely N-dealkylation sites (N-methyl/N-ethyl adjacent to an activating group) is 1. The van der Waals surface area contributed by atoms with Gasteiger partial charge >= 0.3 is 5.97 Å². The average Bonchev–Trinajstić information content (AvgIpc) is 2.48. The largest absolute Gasteiger partial charge is 0.452 e. The van der Waals surface area contributed by atoms with Crippen LogP contribution in [0, 0.1) is 0 Å². The first-order valence-corrected chi connectivity index (χ1v) is 7.04. The standard InChI is InChI=1S/C14H18ClN3O3/c1-17-5-7-18(8-6-17)12(19)9-21-14(20)10-3-2-4-11(15)13(10)16/h2-4H,5-9,16H2,1H3. The fourth-order valence-corrected chi connectivity index (χ4v) is 2.24. The van der Waals surface area contributed by atoms with Crippen LogP contribution in [0.25, 0.3) is 0 Å². The second-order valence-electron chi connectivity index (χ2n) is 4.96. The van der Waals surface area contributed by atoms with Crippen LogP contribution < -0.4 is 5.73 Å². The first-order valence-electron chi connectivity index (χ1n) is 6.66. The molecule has 1 aliphatic heterocycles. The molecule has 0 atom stereocenters. The van der Waals surface area contributed by atoms with E-state index in [9.17, 15) is 9.59 Å². The summed E-state index contributed by atoms with van der Waals surface area (Å²) >= 11 is 5.84. The maximum atomic E-state index is 12.0. The number of piperazine rings is 1. The lowest BCUT2D eigenvalue weighted by Gasteiger charge is -2.32. The molecule has 21 heavy (non-hydrogen) atoms. The van der Waals surface area contributed by atoms with E-state index in [4.69, 9.17) is 22.1 Å². The Kier molecular flexibility index (Phi) is 5.03. The Morgan fingerprint density at radius 1 is 1.29 bits per heavy atom. The number of esters is 1. The third kappa shape index (κ3) is 3.86. The lowest BCUT2D eigenvalue weighted by Crippen LogP contribution is -2.48. The molecule has 0 radical (unpaired) electrons. The lowest BCUT2D eigenvalue weighted by molar-refractivity contribution is -0.136. The molecule has 0 saturated carbocycles. The summed E-state index contributed by atoms with van der Waals surface area (Å²) in [6.45, 7) is 2.65. The monoisotopic (exact) mass is 311 g/mol. The molecule has 0 aromatic heterocycles. The number of hydrogen-bond donors (Lipinski definition) is 1. The normalized spacial score (nSPS) is 15.8. The zero-order valence-corrected chi connectivity index (χ0v) is 12.6. The molecule has 2 rings (SSSR count). The Balaban J connectivity index is 1.89. The van der Waals surface area contributed by atoms with Crippen LogP contribution in [-0.4, -0.2) is 61.5 Å². The zero-order chi connectivity index (χ0) is 15.4. The quantitative estimate of drug-likeness (QED) is 0.661. The summed E-state index contributed by atoms with van der Waals surface area (Å²) in [6, 6.07) is 4.71. The average molecular weight is 312 g/mol. The maximum absolute atomic E-state index is 12.0. The lowest BCUT2D eigenvalue weighted by atomic mass is 10.2. The van der Waals surface area contributed by atoms with Gasteiger partial charge in [0.1, 0.15) is 0 Å². The zero-order valence-electron chi connectivity index (χ0n) is 11.8. The van der Waals surface area contributed by atoms with Gasteiger partial charge < -0.3 is 20.3 Å². The summed E-state index contributed by atoms with van der Waals surface area (Å²) in [4.78, 5) is 27.7. The van der Waals surface area contributed by atoms with Crippen LogP contribution >= 0.6 is 11.6 Å². The van der Waals surface area contributed by atoms with E-state index < -0.39 is 5.97 Å². The van der Waals surface area contributed by atoms with Crippen molar-refractivity contribution in [3.05, 3.63) is 28.8 Å². The predicted octanol–water partition coefficient (Wildman–Crippen LogP) is 0.853. The molecule has 1 aliphatic rings. The Hall–Kier alpha value is -1.79. The smallest absolute Gasteiger partial charge is 0.340 e. The number of amides is 1. The van der Waals surface area contributed by atoms with Crippen LogP contribution in [0.5, 0.6) is 0 Å². The Morgan fingerprint density at radius 2 is 1.95 bits per heavy atom. The summed E-state index contributed by atoms with van der Waals surface area (Å²) < 4.78 is 5.02. The molecule has 2 N–H and O–H groups in total. The fourth-order valence-electron chi connectivity index (χ4n) is 2.07. The van der Waals surface area contributed by atoms with Crippen LogP contribution in [0.4, 0.5) is 5.69 Å². The second-order valence-corrected chi connectivity index (χ2v) is 5.37. The van der Waals surface area contributed by atoms with Gasteiger partial charge in [-0.3, -0.25) is 4.79 Å². The highest BCUT2D eigenvalue weighted by Crippen LogP contribution is 2.22. The van der Waals surface area contributed by atoms with Crippen LogP contribution in [0.3, 0.4) is 0 Å². The van der Waals surface area contributed by atoms with Gasteiger partial charge in [-0.2, -0.15) is 0 Å². The van der Waals surface area contributed by atoms with Crippen LogP contribution in [0.2, 0.25) is 5.02 Å².